The molecule has 20 heavy (non-hydrogen) atoms. The van der Waals surface area contributed by atoms with Crippen LogP contribution in [0.2, 0.25) is 0 Å². The summed E-state index contributed by atoms with van der Waals surface area (Å²) in [5.74, 6) is 7.13. The van der Waals surface area contributed by atoms with E-state index >= 15 is 0 Å². The van der Waals surface area contributed by atoms with Gasteiger partial charge in [0.15, 0.2) is 0 Å². The second-order valence-corrected chi connectivity index (χ2v) is 6.21. The van der Waals surface area contributed by atoms with Gasteiger partial charge in [-0.3, -0.25) is 0 Å². The second-order valence-electron chi connectivity index (χ2n) is 6.21. The minimum absolute atomic E-state index is 0.989. The Balaban J connectivity index is 3.35. The van der Waals surface area contributed by atoms with Crippen LogP contribution >= 0.6 is 0 Å². The molecule has 1 atom stereocenters. The van der Waals surface area contributed by atoms with E-state index in [4.69, 9.17) is 0 Å². The number of hydrogen-bond donors (Lipinski definition) is 0. The number of rotatable bonds is 14. The number of hydrogen-bond acceptors (Lipinski definition) is 0. The van der Waals surface area contributed by atoms with Gasteiger partial charge in [-0.2, -0.15) is 0 Å². The van der Waals surface area contributed by atoms with Crippen molar-refractivity contribution in [3.05, 3.63) is 0 Å². The summed E-state index contributed by atoms with van der Waals surface area (Å²) < 4.78 is 0. The summed E-state index contributed by atoms with van der Waals surface area (Å²) in [7, 11) is 0. The van der Waals surface area contributed by atoms with Crippen LogP contribution in [0.5, 0.6) is 0 Å². The summed E-state index contributed by atoms with van der Waals surface area (Å²) in [6.07, 6.45) is 19.6. The van der Waals surface area contributed by atoms with Gasteiger partial charge in [0, 0.05) is 6.42 Å². The van der Waals surface area contributed by atoms with E-state index in [1.165, 1.54) is 83.5 Å². The van der Waals surface area contributed by atoms with Crippen LogP contribution in [0.25, 0.3) is 0 Å². The molecule has 118 valence electrons. The van der Waals surface area contributed by atoms with Gasteiger partial charge in [-0.1, -0.05) is 90.9 Å². The Morgan fingerprint density at radius 1 is 0.700 bits per heavy atom. The van der Waals surface area contributed by atoms with E-state index in [1.807, 2.05) is 6.92 Å². The van der Waals surface area contributed by atoms with Crippen molar-refractivity contribution >= 4 is 0 Å². The quantitative estimate of drug-likeness (QED) is 0.234. The highest BCUT2D eigenvalue weighted by Gasteiger charge is 2.05. The molecule has 0 N–H and O–H groups in total. The monoisotopic (exact) mass is 278 g/mol. The molecule has 0 aliphatic carbocycles. The van der Waals surface area contributed by atoms with E-state index in [-0.39, 0.29) is 0 Å². The lowest BCUT2D eigenvalue weighted by Gasteiger charge is -2.14. The molecule has 0 heteroatoms. The smallest absolute Gasteiger partial charge is 0.00885 e. The molecule has 1 unspecified atom stereocenters. The van der Waals surface area contributed by atoms with E-state index in [0.717, 1.165) is 12.3 Å². The fourth-order valence-corrected chi connectivity index (χ4v) is 2.89. The van der Waals surface area contributed by atoms with Crippen molar-refractivity contribution in [1.82, 2.24) is 0 Å². The molecule has 0 bridgehead atoms. The van der Waals surface area contributed by atoms with Gasteiger partial charge in [-0.25, -0.2) is 0 Å². The Morgan fingerprint density at radius 2 is 1.25 bits per heavy atom. The van der Waals surface area contributed by atoms with Crippen molar-refractivity contribution < 1.29 is 0 Å². The average molecular weight is 279 g/mol. The zero-order valence-corrected chi connectivity index (χ0v) is 14.5. The van der Waals surface area contributed by atoms with Crippen LogP contribution in [0.1, 0.15) is 111 Å². The molecule has 0 aliphatic heterocycles. The molecule has 0 aromatic rings. The SMILES string of the molecule is CC#CCCCCCC(CC)CCCCCCCCC. The fourth-order valence-electron chi connectivity index (χ4n) is 2.89. The first-order valence-electron chi connectivity index (χ1n) is 9.24. The Kier molecular flexibility index (Phi) is 16.2. The zero-order chi connectivity index (χ0) is 14.9. The van der Waals surface area contributed by atoms with Crippen LogP contribution in [-0.2, 0) is 0 Å². The Morgan fingerprint density at radius 3 is 1.80 bits per heavy atom. The molecule has 0 saturated heterocycles. The maximum atomic E-state index is 3.16. The highest BCUT2D eigenvalue weighted by atomic mass is 14.1. The first-order chi connectivity index (χ1) is 9.85. The van der Waals surface area contributed by atoms with Crippen molar-refractivity contribution in [2.75, 3.05) is 0 Å². The van der Waals surface area contributed by atoms with Crippen molar-refractivity contribution in [3.8, 4) is 11.8 Å². The molecule has 0 fully saturated rings. The summed E-state index contributed by atoms with van der Waals surface area (Å²) in [6, 6.07) is 0. The maximum Gasteiger partial charge on any atom is 0.00885 e. The first-order valence-corrected chi connectivity index (χ1v) is 9.24. The molecule has 0 saturated carbocycles. The summed E-state index contributed by atoms with van der Waals surface area (Å²) in [4.78, 5) is 0. The molecule has 0 nitrogen and oxygen atoms in total. The summed E-state index contributed by atoms with van der Waals surface area (Å²) in [6.45, 7) is 6.60. The first kappa shape index (κ1) is 19.6. The summed E-state index contributed by atoms with van der Waals surface area (Å²) in [5, 5.41) is 0. The van der Waals surface area contributed by atoms with Gasteiger partial charge in [0.25, 0.3) is 0 Å². The summed E-state index contributed by atoms with van der Waals surface area (Å²) in [5.41, 5.74) is 0. The molecule has 0 heterocycles. The molecular formula is C20H38. The lowest BCUT2D eigenvalue weighted by molar-refractivity contribution is 0.395. The highest BCUT2D eigenvalue weighted by molar-refractivity contribution is 4.94. The van der Waals surface area contributed by atoms with Crippen LogP contribution < -0.4 is 0 Å². The van der Waals surface area contributed by atoms with Crippen LogP contribution in [0, 0.1) is 17.8 Å². The lowest BCUT2D eigenvalue weighted by atomic mass is 9.92. The predicted molar refractivity (Wildman–Crippen MR) is 92.9 cm³/mol. The normalized spacial score (nSPS) is 11.9. The van der Waals surface area contributed by atoms with Gasteiger partial charge >= 0.3 is 0 Å². The maximum absolute atomic E-state index is 3.16. The molecule has 0 amide bonds. The minimum atomic E-state index is 0.989. The Hall–Kier alpha value is -0.440. The van der Waals surface area contributed by atoms with Crippen LogP contribution in [0.4, 0.5) is 0 Å². The van der Waals surface area contributed by atoms with Crippen LogP contribution in [0.15, 0.2) is 0 Å². The third kappa shape index (κ3) is 14.0. The molecule has 0 aromatic heterocycles. The van der Waals surface area contributed by atoms with Gasteiger partial charge in [-0.05, 0) is 19.3 Å². The largest absolute Gasteiger partial charge is 0.107 e. The van der Waals surface area contributed by atoms with Gasteiger partial charge in [0.05, 0.1) is 0 Å². The molecule has 0 radical (unpaired) electrons. The standard InChI is InChI=1S/C20H38/c1-4-7-9-11-13-15-17-19-20(6-3)18-16-14-12-10-8-5-2/h20H,4,6-7,9-19H2,1-3H3. The molecule has 0 rings (SSSR count). The average Bonchev–Trinajstić information content (AvgIpc) is 2.47. The van der Waals surface area contributed by atoms with Gasteiger partial charge in [-0.15, -0.1) is 11.8 Å². The fraction of sp³-hybridized carbons (Fsp3) is 0.900. The summed E-state index contributed by atoms with van der Waals surface area (Å²) >= 11 is 0. The van der Waals surface area contributed by atoms with Crippen LogP contribution in [0.3, 0.4) is 0 Å². The number of unbranched alkanes of at least 4 members (excludes halogenated alkanes) is 9. The molecule has 0 spiro atoms. The van der Waals surface area contributed by atoms with Crippen LogP contribution in [-0.4, -0.2) is 0 Å². The molecule has 0 aliphatic rings. The zero-order valence-electron chi connectivity index (χ0n) is 14.5. The third-order valence-electron chi connectivity index (χ3n) is 4.38. The molecular weight excluding hydrogens is 240 g/mol. The third-order valence-corrected chi connectivity index (χ3v) is 4.38. The van der Waals surface area contributed by atoms with Crippen molar-refractivity contribution in [2.24, 2.45) is 5.92 Å². The van der Waals surface area contributed by atoms with Gasteiger partial charge in [0.2, 0.25) is 0 Å². The van der Waals surface area contributed by atoms with Crippen molar-refractivity contribution in [3.63, 3.8) is 0 Å². The van der Waals surface area contributed by atoms with E-state index in [0.29, 0.717) is 0 Å². The van der Waals surface area contributed by atoms with Crippen molar-refractivity contribution in [2.45, 2.75) is 111 Å². The second kappa shape index (κ2) is 16.6. The van der Waals surface area contributed by atoms with E-state index in [2.05, 4.69) is 25.7 Å². The van der Waals surface area contributed by atoms with Gasteiger partial charge in [0.1, 0.15) is 0 Å². The minimum Gasteiger partial charge on any atom is -0.107 e. The molecule has 0 aromatic carbocycles. The Labute approximate surface area is 129 Å². The topological polar surface area (TPSA) is 0 Å². The van der Waals surface area contributed by atoms with Crippen molar-refractivity contribution in [1.29, 1.82) is 0 Å². The van der Waals surface area contributed by atoms with E-state index < -0.39 is 0 Å². The van der Waals surface area contributed by atoms with Gasteiger partial charge < -0.3 is 0 Å². The Bertz CT molecular complexity index is 230. The highest BCUT2D eigenvalue weighted by Crippen LogP contribution is 2.21. The van der Waals surface area contributed by atoms with E-state index in [9.17, 15) is 0 Å². The predicted octanol–water partition coefficient (Wildman–Crippen LogP) is 7.13. The van der Waals surface area contributed by atoms with E-state index in [1.54, 1.807) is 0 Å². The lowest BCUT2D eigenvalue weighted by Crippen LogP contribution is -1.99.